The molecule has 0 aliphatic carbocycles. The van der Waals surface area contributed by atoms with Crippen LogP contribution < -0.4 is 4.90 Å². The minimum atomic E-state index is 0.672. The summed E-state index contributed by atoms with van der Waals surface area (Å²) in [4.78, 5) is 5.01. The van der Waals surface area contributed by atoms with E-state index < -0.39 is 0 Å². The predicted octanol–water partition coefficient (Wildman–Crippen LogP) is 4.97. The first-order valence-electron chi connectivity index (χ1n) is 8.72. The molecule has 1 saturated heterocycles. The summed E-state index contributed by atoms with van der Waals surface area (Å²) in [5.74, 6) is 0. The highest BCUT2D eigenvalue weighted by atomic mass is 15.2. The van der Waals surface area contributed by atoms with Crippen LogP contribution in [0, 0.1) is 6.92 Å². The van der Waals surface area contributed by atoms with E-state index in [4.69, 9.17) is 0 Å². The first kappa shape index (κ1) is 20.0. The highest BCUT2D eigenvalue weighted by molar-refractivity contribution is 5.48. The van der Waals surface area contributed by atoms with Gasteiger partial charge in [-0.25, -0.2) is 0 Å². The molecule has 1 heterocycles. The van der Waals surface area contributed by atoms with Crippen molar-refractivity contribution in [3.05, 3.63) is 29.8 Å². The van der Waals surface area contributed by atoms with Gasteiger partial charge in [-0.2, -0.15) is 0 Å². The third-order valence-electron chi connectivity index (χ3n) is 3.88. The van der Waals surface area contributed by atoms with E-state index in [0.717, 1.165) is 0 Å². The van der Waals surface area contributed by atoms with Crippen molar-refractivity contribution in [1.82, 2.24) is 4.90 Å². The number of benzene rings is 1. The SMILES string of the molecule is CC.CC.CCN1CCCC(N(C)c2cccc(C)c2)C1. The van der Waals surface area contributed by atoms with Gasteiger partial charge in [-0.3, -0.25) is 0 Å². The average Bonchev–Trinajstić information content (AvgIpc) is 2.58. The molecule has 1 aromatic carbocycles. The Labute approximate surface area is 133 Å². The van der Waals surface area contributed by atoms with Crippen LogP contribution in [0.4, 0.5) is 5.69 Å². The summed E-state index contributed by atoms with van der Waals surface area (Å²) in [7, 11) is 2.23. The number of aryl methyl sites for hydroxylation is 1. The van der Waals surface area contributed by atoms with Gasteiger partial charge in [-0.1, -0.05) is 46.8 Å². The van der Waals surface area contributed by atoms with Crippen molar-refractivity contribution in [2.24, 2.45) is 0 Å². The predicted molar refractivity (Wildman–Crippen MR) is 97.4 cm³/mol. The fourth-order valence-electron chi connectivity index (χ4n) is 2.69. The Hall–Kier alpha value is -1.02. The molecule has 1 atom stereocenters. The molecule has 21 heavy (non-hydrogen) atoms. The van der Waals surface area contributed by atoms with Crippen molar-refractivity contribution in [3.8, 4) is 0 Å². The van der Waals surface area contributed by atoms with Crippen LogP contribution in [0.1, 0.15) is 53.0 Å². The van der Waals surface area contributed by atoms with Crippen molar-refractivity contribution in [2.45, 2.75) is 60.4 Å². The summed E-state index contributed by atoms with van der Waals surface area (Å²) in [5.41, 5.74) is 2.70. The highest BCUT2D eigenvalue weighted by Crippen LogP contribution is 2.22. The van der Waals surface area contributed by atoms with Crippen molar-refractivity contribution in [3.63, 3.8) is 0 Å². The molecule has 0 radical (unpaired) electrons. The zero-order valence-electron chi connectivity index (χ0n) is 15.3. The van der Waals surface area contributed by atoms with E-state index in [1.165, 1.54) is 43.7 Å². The summed E-state index contributed by atoms with van der Waals surface area (Å²) >= 11 is 0. The molecule has 2 nitrogen and oxygen atoms in total. The lowest BCUT2D eigenvalue weighted by molar-refractivity contribution is 0.216. The molecular weight excluding hydrogens is 256 g/mol. The van der Waals surface area contributed by atoms with Crippen LogP contribution in [0.25, 0.3) is 0 Å². The molecule has 1 aromatic rings. The maximum atomic E-state index is 2.56. The van der Waals surface area contributed by atoms with Crippen LogP contribution in [-0.4, -0.2) is 37.6 Å². The molecule has 0 N–H and O–H groups in total. The fraction of sp³-hybridized carbons (Fsp3) is 0.684. The lowest BCUT2D eigenvalue weighted by Crippen LogP contribution is -2.46. The Morgan fingerprint density at radius 2 is 1.86 bits per heavy atom. The summed E-state index contributed by atoms with van der Waals surface area (Å²) in [6.07, 6.45) is 2.65. The summed E-state index contributed by atoms with van der Waals surface area (Å²) in [6, 6.07) is 9.49. The Balaban J connectivity index is 0.000000921. The lowest BCUT2D eigenvalue weighted by Gasteiger charge is -2.38. The van der Waals surface area contributed by atoms with E-state index in [-0.39, 0.29) is 0 Å². The van der Waals surface area contributed by atoms with Crippen molar-refractivity contribution < 1.29 is 0 Å². The summed E-state index contributed by atoms with van der Waals surface area (Å²) in [6.45, 7) is 16.1. The Morgan fingerprint density at radius 1 is 1.19 bits per heavy atom. The Kier molecular flexibility index (Phi) is 11.1. The Morgan fingerprint density at radius 3 is 2.43 bits per heavy atom. The number of nitrogens with zero attached hydrogens (tertiary/aromatic N) is 2. The molecule has 1 fully saturated rings. The summed E-state index contributed by atoms with van der Waals surface area (Å²) in [5, 5.41) is 0. The molecule has 0 bridgehead atoms. The molecule has 1 aliphatic heterocycles. The number of likely N-dealkylation sites (N-methyl/N-ethyl adjacent to an activating group) is 2. The van der Waals surface area contributed by atoms with E-state index in [0.29, 0.717) is 6.04 Å². The number of rotatable bonds is 3. The third-order valence-corrected chi connectivity index (χ3v) is 3.88. The zero-order chi connectivity index (χ0) is 16.3. The zero-order valence-corrected chi connectivity index (χ0v) is 15.3. The average molecular weight is 293 g/mol. The second-order valence-electron chi connectivity index (χ2n) is 5.14. The van der Waals surface area contributed by atoms with Crippen LogP contribution in [0.15, 0.2) is 24.3 Å². The molecule has 2 rings (SSSR count). The van der Waals surface area contributed by atoms with Gasteiger partial charge in [0.05, 0.1) is 0 Å². The van der Waals surface area contributed by atoms with Crippen LogP contribution in [0.3, 0.4) is 0 Å². The van der Waals surface area contributed by atoms with E-state index in [1.54, 1.807) is 0 Å². The van der Waals surface area contributed by atoms with Gasteiger partial charge in [-0.05, 0) is 50.6 Å². The maximum Gasteiger partial charge on any atom is 0.0414 e. The standard InChI is InChI=1S/C15H24N2.2C2H6/c1-4-17-10-6-9-15(12-17)16(3)14-8-5-7-13(2)11-14;2*1-2/h5,7-8,11,15H,4,6,9-10,12H2,1-3H3;2*1-2H3. The van der Waals surface area contributed by atoms with Crippen LogP contribution in [0.5, 0.6) is 0 Å². The first-order valence-corrected chi connectivity index (χ1v) is 8.72. The highest BCUT2D eigenvalue weighted by Gasteiger charge is 2.22. The van der Waals surface area contributed by atoms with E-state index in [2.05, 4.69) is 55.0 Å². The van der Waals surface area contributed by atoms with E-state index in [1.807, 2.05) is 27.7 Å². The molecule has 0 spiro atoms. The van der Waals surface area contributed by atoms with E-state index >= 15 is 0 Å². The lowest BCUT2D eigenvalue weighted by atomic mass is 10.0. The minimum absolute atomic E-state index is 0.672. The number of hydrogen-bond donors (Lipinski definition) is 0. The van der Waals surface area contributed by atoms with Gasteiger partial charge in [0.15, 0.2) is 0 Å². The topological polar surface area (TPSA) is 6.48 Å². The molecular formula is C19H36N2. The smallest absolute Gasteiger partial charge is 0.0414 e. The largest absolute Gasteiger partial charge is 0.370 e. The first-order chi connectivity index (χ1) is 10.2. The molecule has 2 heteroatoms. The molecule has 0 aromatic heterocycles. The van der Waals surface area contributed by atoms with Crippen LogP contribution in [0.2, 0.25) is 0 Å². The van der Waals surface area contributed by atoms with Gasteiger partial charge in [0.2, 0.25) is 0 Å². The minimum Gasteiger partial charge on any atom is -0.370 e. The van der Waals surface area contributed by atoms with Gasteiger partial charge >= 0.3 is 0 Å². The molecule has 1 unspecified atom stereocenters. The van der Waals surface area contributed by atoms with Gasteiger partial charge in [0, 0.05) is 25.3 Å². The third kappa shape index (κ3) is 6.52. The van der Waals surface area contributed by atoms with Gasteiger partial charge < -0.3 is 9.80 Å². The van der Waals surface area contributed by atoms with Crippen molar-refractivity contribution in [2.75, 3.05) is 31.6 Å². The second-order valence-corrected chi connectivity index (χ2v) is 5.14. The number of anilines is 1. The van der Waals surface area contributed by atoms with Crippen molar-refractivity contribution >= 4 is 5.69 Å². The fourth-order valence-corrected chi connectivity index (χ4v) is 2.69. The molecule has 122 valence electrons. The summed E-state index contributed by atoms with van der Waals surface area (Å²) < 4.78 is 0. The van der Waals surface area contributed by atoms with E-state index in [9.17, 15) is 0 Å². The van der Waals surface area contributed by atoms with Crippen LogP contribution in [-0.2, 0) is 0 Å². The number of piperidine rings is 1. The van der Waals surface area contributed by atoms with Crippen molar-refractivity contribution in [1.29, 1.82) is 0 Å². The second kappa shape index (κ2) is 11.6. The van der Waals surface area contributed by atoms with Gasteiger partial charge in [-0.15, -0.1) is 0 Å². The quantitative estimate of drug-likeness (QED) is 0.776. The molecule has 1 aliphatic rings. The Bertz CT molecular complexity index is 362. The monoisotopic (exact) mass is 292 g/mol. The van der Waals surface area contributed by atoms with Crippen LogP contribution >= 0.6 is 0 Å². The molecule has 0 amide bonds. The number of likely N-dealkylation sites (tertiary alicyclic amines) is 1. The van der Waals surface area contributed by atoms with Gasteiger partial charge in [0.1, 0.15) is 0 Å². The molecule has 0 saturated carbocycles. The maximum absolute atomic E-state index is 2.56. The normalized spacial score (nSPS) is 18.0. The van der Waals surface area contributed by atoms with Gasteiger partial charge in [0.25, 0.3) is 0 Å². The number of hydrogen-bond acceptors (Lipinski definition) is 2.